The second kappa shape index (κ2) is 7.11. The van der Waals surface area contributed by atoms with Gasteiger partial charge in [-0.25, -0.2) is 22.0 Å². The Morgan fingerprint density at radius 2 is 1.83 bits per heavy atom. The number of benzene rings is 2. The molecule has 1 aliphatic carbocycles. The van der Waals surface area contributed by atoms with Gasteiger partial charge in [-0.2, -0.15) is 0 Å². The zero-order valence-electron chi connectivity index (χ0n) is 15.8. The van der Waals surface area contributed by atoms with E-state index in [0.717, 1.165) is 18.2 Å². The van der Waals surface area contributed by atoms with Crippen molar-refractivity contribution in [2.75, 3.05) is 6.54 Å². The van der Waals surface area contributed by atoms with Gasteiger partial charge in [-0.05, 0) is 43.0 Å². The van der Waals surface area contributed by atoms with Crippen molar-refractivity contribution in [3.63, 3.8) is 0 Å². The third-order valence-corrected chi connectivity index (χ3v) is 5.96. The lowest BCUT2D eigenvalue weighted by molar-refractivity contribution is -0.134. The minimum absolute atomic E-state index is 0.0920. The number of halogens is 5. The van der Waals surface area contributed by atoms with Crippen LogP contribution in [-0.4, -0.2) is 29.3 Å². The molecule has 2 aromatic rings. The van der Waals surface area contributed by atoms with Gasteiger partial charge in [0.25, 0.3) is 5.92 Å². The summed E-state index contributed by atoms with van der Waals surface area (Å²) in [6.45, 7) is 0.687. The van der Waals surface area contributed by atoms with Crippen molar-refractivity contribution in [3.05, 3.63) is 59.4 Å². The molecule has 1 amide bonds. The first-order valence-electron chi connectivity index (χ1n) is 9.60. The molecule has 0 spiro atoms. The summed E-state index contributed by atoms with van der Waals surface area (Å²) in [6.07, 6.45) is 1.25. The average molecular weight is 409 g/mol. The largest absolute Gasteiger partial charge is 0.333 e. The molecule has 4 rings (SSSR count). The maximum absolute atomic E-state index is 15.2. The average Bonchev–Trinajstić information content (AvgIpc) is 3.49. The summed E-state index contributed by atoms with van der Waals surface area (Å²) in [7, 11) is 0. The van der Waals surface area contributed by atoms with Gasteiger partial charge in [-0.1, -0.05) is 25.1 Å². The monoisotopic (exact) mass is 409 g/mol. The van der Waals surface area contributed by atoms with Crippen LogP contribution in [0.25, 0.3) is 11.1 Å². The van der Waals surface area contributed by atoms with Crippen LogP contribution in [0.4, 0.5) is 22.0 Å². The van der Waals surface area contributed by atoms with E-state index >= 15 is 4.39 Å². The predicted octanol–water partition coefficient (Wildman–Crippen LogP) is 5.21. The highest BCUT2D eigenvalue weighted by molar-refractivity contribution is 5.82. The Labute approximate surface area is 165 Å². The zero-order chi connectivity index (χ0) is 20.9. The maximum atomic E-state index is 15.2. The Kier molecular flexibility index (Phi) is 4.87. The molecule has 2 atom stereocenters. The minimum Gasteiger partial charge on any atom is -0.333 e. The predicted molar refractivity (Wildman–Crippen MR) is 97.8 cm³/mol. The van der Waals surface area contributed by atoms with Crippen molar-refractivity contribution < 1.29 is 26.7 Å². The van der Waals surface area contributed by atoms with Crippen LogP contribution in [0, 0.1) is 29.3 Å². The van der Waals surface area contributed by atoms with E-state index in [-0.39, 0.29) is 34.9 Å². The Morgan fingerprint density at radius 3 is 2.52 bits per heavy atom. The lowest BCUT2D eigenvalue weighted by Crippen LogP contribution is -2.40. The fraction of sp³-hybridized carbons (Fsp3) is 0.409. The summed E-state index contributed by atoms with van der Waals surface area (Å²) in [4.78, 5) is 13.7. The molecule has 1 aliphatic heterocycles. The standard InChI is InChI=1S/C22H20F5NO/c1-12-19(28(11-22(12,26)27)21(29)13-5-6-13)9-14-3-2-4-16(20(14)25)17-10-15(23)7-8-18(17)24/h2-4,7-8,10,12-13,19H,5-6,9,11H2,1H3/t12-,19+/m1/s1. The summed E-state index contributed by atoms with van der Waals surface area (Å²) in [5.74, 6) is -7.02. The molecule has 7 heteroatoms. The van der Waals surface area contributed by atoms with Crippen LogP contribution in [-0.2, 0) is 11.2 Å². The Hall–Kier alpha value is -2.44. The van der Waals surface area contributed by atoms with Crippen LogP contribution in [0.15, 0.2) is 36.4 Å². The summed E-state index contributed by atoms with van der Waals surface area (Å²) >= 11 is 0. The van der Waals surface area contributed by atoms with Crippen LogP contribution < -0.4 is 0 Å². The van der Waals surface area contributed by atoms with Crippen molar-refractivity contribution in [1.82, 2.24) is 4.90 Å². The molecule has 2 aliphatic rings. The van der Waals surface area contributed by atoms with Gasteiger partial charge in [0.2, 0.25) is 5.91 Å². The molecule has 0 aromatic heterocycles. The molecule has 1 heterocycles. The molecule has 0 bridgehead atoms. The van der Waals surface area contributed by atoms with Gasteiger partial charge in [0.05, 0.1) is 6.54 Å². The van der Waals surface area contributed by atoms with Crippen molar-refractivity contribution in [2.45, 2.75) is 38.2 Å². The lowest BCUT2D eigenvalue weighted by Gasteiger charge is -2.27. The molecule has 29 heavy (non-hydrogen) atoms. The summed E-state index contributed by atoms with van der Waals surface area (Å²) in [5.41, 5.74) is -0.286. The van der Waals surface area contributed by atoms with Crippen LogP contribution in [0.3, 0.4) is 0 Å². The number of likely N-dealkylation sites (tertiary alicyclic amines) is 1. The highest BCUT2D eigenvalue weighted by atomic mass is 19.3. The molecule has 1 saturated carbocycles. The number of nitrogens with zero attached hydrogens (tertiary/aromatic N) is 1. The smallest absolute Gasteiger partial charge is 0.269 e. The third kappa shape index (κ3) is 3.63. The van der Waals surface area contributed by atoms with E-state index < -0.39 is 41.9 Å². The normalized spacial score (nSPS) is 23.4. The Morgan fingerprint density at radius 1 is 1.10 bits per heavy atom. The molecular weight excluding hydrogens is 389 g/mol. The molecule has 2 fully saturated rings. The quantitative estimate of drug-likeness (QED) is 0.636. The summed E-state index contributed by atoms with van der Waals surface area (Å²) in [5, 5.41) is 0. The van der Waals surface area contributed by atoms with E-state index in [1.54, 1.807) is 0 Å². The second-order valence-electron chi connectivity index (χ2n) is 7.96. The van der Waals surface area contributed by atoms with E-state index in [1.165, 1.54) is 30.0 Å². The van der Waals surface area contributed by atoms with Gasteiger partial charge in [0.15, 0.2) is 0 Å². The van der Waals surface area contributed by atoms with Gasteiger partial charge >= 0.3 is 0 Å². The van der Waals surface area contributed by atoms with Gasteiger partial charge in [-0.3, -0.25) is 4.79 Å². The summed E-state index contributed by atoms with van der Waals surface area (Å²) < 4.78 is 71.5. The number of hydrogen-bond donors (Lipinski definition) is 0. The van der Waals surface area contributed by atoms with Crippen LogP contribution in [0.5, 0.6) is 0 Å². The molecule has 0 radical (unpaired) electrons. The van der Waals surface area contributed by atoms with Gasteiger partial charge in [0.1, 0.15) is 17.5 Å². The topological polar surface area (TPSA) is 20.3 Å². The SMILES string of the molecule is C[C@@H]1[C@H](Cc2cccc(-c3cc(F)ccc3F)c2F)N(C(=O)C2CC2)CC1(F)F. The van der Waals surface area contributed by atoms with Crippen molar-refractivity contribution in [1.29, 1.82) is 0 Å². The van der Waals surface area contributed by atoms with Crippen LogP contribution in [0.1, 0.15) is 25.3 Å². The first kappa shape index (κ1) is 19.9. The van der Waals surface area contributed by atoms with Gasteiger partial charge in [0, 0.05) is 29.0 Å². The first-order valence-corrected chi connectivity index (χ1v) is 9.60. The Bertz CT molecular complexity index is 956. The molecular formula is C22H20F5NO. The van der Waals surface area contributed by atoms with Gasteiger partial charge in [-0.15, -0.1) is 0 Å². The van der Waals surface area contributed by atoms with E-state index in [1.807, 2.05) is 0 Å². The molecule has 1 saturated heterocycles. The van der Waals surface area contributed by atoms with Crippen molar-refractivity contribution in [2.24, 2.45) is 11.8 Å². The number of rotatable bonds is 4. The van der Waals surface area contributed by atoms with Crippen molar-refractivity contribution in [3.8, 4) is 11.1 Å². The molecule has 0 unspecified atom stereocenters. The highest BCUT2D eigenvalue weighted by Crippen LogP contribution is 2.43. The molecule has 0 N–H and O–H groups in total. The lowest BCUT2D eigenvalue weighted by atomic mass is 9.91. The Balaban J connectivity index is 1.68. The maximum Gasteiger partial charge on any atom is 0.269 e. The van der Waals surface area contributed by atoms with E-state index in [0.29, 0.717) is 12.8 Å². The summed E-state index contributed by atoms with van der Waals surface area (Å²) in [6, 6.07) is 6.10. The fourth-order valence-corrected chi connectivity index (χ4v) is 4.01. The van der Waals surface area contributed by atoms with Crippen LogP contribution >= 0.6 is 0 Å². The number of hydrogen-bond acceptors (Lipinski definition) is 1. The van der Waals surface area contributed by atoms with E-state index in [2.05, 4.69) is 0 Å². The fourth-order valence-electron chi connectivity index (χ4n) is 4.01. The van der Waals surface area contributed by atoms with Crippen LogP contribution in [0.2, 0.25) is 0 Å². The highest BCUT2D eigenvalue weighted by Gasteiger charge is 2.54. The van der Waals surface area contributed by atoms with Gasteiger partial charge < -0.3 is 4.90 Å². The third-order valence-electron chi connectivity index (χ3n) is 5.96. The van der Waals surface area contributed by atoms with E-state index in [4.69, 9.17) is 0 Å². The molecule has 154 valence electrons. The molecule has 2 aromatic carbocycles. The first-order chi connectivity index (χ1) is 13.7. The number of alkyl halides is 2. The van der Waals surface area contributed by atoms with E-state index in [9.17, 15) is 22.4 Å². The number of carbonyl (C=O) groups is 1. The molecule has 2 nitrogen and oxygen atoms in total. The number of amides is 1. The number of carbonyl (C=O) groups excluding carboxylic acids is 1. The second-order valence-corrected chi connectivity index (χ2v) is 7.96. The zero-order valence-corrected chi connectivity index (χ0v) is 15.8. The van der Waals surface area contributed by atoms with Crippen molar-refractivity contribution >= 4 is 5.91 Å². The minimum atomic E-state index is -3.06.